The average Bonchev–Trinajstić information content (AvgIpc) is 2.29. The summed E-state index contributed by atoms with van der Waals surface area (Å²) in [5.74, 6) is -0.507. The van der Waals surface area contributed by atoms with E-state index < -0.39 is 0 Å². The van der Waals surface area contributed by atoms with E-state index in [2.05, 4.69) is 4.99 Å². The van der Waals surface area contributed by atoms with Gasteiger partial charge in [0.05, 0.1) is 6.54 Å². The summed E-state index contributed by atoms with van der Waals surface area (Å²) in [4.78, 5) is 5.22. The highest BCUT2D eigenvalue weighted by Crippen LogP contribution is 2.24. The molecule has 0 aliphatic carbocycles. The van der Waals surface area contributed by atoms with Crippen LogP contribution < -0.4 is 11.5 Å². The first-order valence-corrected chi connectivity index (χ1v) is 4.80. The van der Waals surface area contributed by atoms with E-state index in [1.165, 1.54) is 24.1 Å². The molecule has 0 amide bonds. The molecule has 0 unspecified atom stereocenters. The van der Waals surface area contributed by atoms with E-state index in [-0.39, 0.29) is 30.0 Å². The molecule has 0 radical (unpaired) electrons. The van der Waals surface area contributed by atoms with Crippen LogP contribution >= 0.6 is 0 Å². The number of rotatable bonds is 2. The van der Waals surface area contributed by atoms with Crippen LogP contribution in [0.3, 0.4) is 0 Å². The molecule has 0 heterocycles. The largest absolute Gasteiger partial charge is 0.504 e. The smallest absolute Gasteiger partial charge is 0.198 e. The van der Waals surface area contributed by atoms with Gasteiger partial charge in [0.15, 0.2) is 23.4 Å². The minimum absolute atomic E-state index is 0.102. The number of benzene rings is 1. The Hall–Kier alpha value is -2.44. The van der Waals surface area contributed by atoms with Gasteiger partial charge >= 0.3 is 0 Å². The molecule has 7 heteroatoms. The summed E-state index contributed by atoms with van der Waals surface area (Å²) < 4.78 is 0. The van der Waals surface area contributed by atoms with Gasteiger partial charge in [-0.1, -0.05) is 6.07 Å². The molecule has 0 bridgehead atoms. The van der Waals surface area contributed by atoms with E-state index >= 15 is 0 Å². The van der Waals surface area contributed by atoms with Crippen molar-refractivity contribution in [3.05, 3.63) is 23.8 Å². The van der Waals surface area contributed by atoms with Gasteiger partial charge in [-0.2, -0.15) is 0 Å². The van der Waals surface area contributed by atoms with Crippen LogP contribution in [0.1, 0.15) is 5.56 Å². The second-order valence-electron chi connectivity index (χ2n) is 3.44. The van der Waals surface area contributed by atoms with Crippen molar-refractivity contribution >= 4 is 11.9 Å². The zero-order chi connectivity index (χ0) is 13.0. The van der Waals surface area contributed by atoms with Gasteiger partial charge in [0.2, 0.25) is 0 Å². The van der Waals surface area contributed by atoms with Crippen LogP contribution in [0.2, 0.25) is 0 Å². The number of nitrogens with two attached hydrogens (primary N) is 2. The zero-order valence-electron chi connectivity index (χ0n) is 9.38. The van der Waals surface area contributed by atoms with Crippen LogP contribution in [0.4, 0.5) is 0 Å². The quantitative estimate of drug-likeness (QED) is 0.274. The minimum atomic E-state index is -0.212. The average molecular weight is 237 g/mol. The molecular formula is C10H15N5O2. The van der Waals surface area contributed by atoms with E-state index in [1.54, 1.807) is 6.07 Å². The minimum Gasteiger partial charge on any atom is -0.504 e. The van der Waals surface area contributed by atoms with Crippen molar-refractivity contribution in [2.75, 3.05) is 7.05 Å². The van der Waals surface area contributed by atoms with Gasteiger partial charge in [-0.25, -0.2) is 4.99 Å². The van der Waals surface area contributed by atoms with Crippen LogP contribution in [0.15, 0.2) is 23.2 Å². The molecule has 7 nitrogen and oxygen atoms in total. The van der Waals surface area contributed by atoms with Gasteiger partial charge in [-0.15, -0.1) is 0 Å². The fourth-order valence-electron chi connectivity index (χ4n) is 1.07. The maximum atomic E-state index is 9.27. The summed E-state index contributed by atoms with van der Waals surface area (Å²) in [5.41, 5.74) is 11.5. The Balaban J connectivity index is 2.75. The highest BCUT2D eigenvalue weighted by Gasteiger charge is 2.04. The molecule has 0 aromatic heterocycles. The van der Waals surface area contributed by atoms with E-state index in [0.29, 0.717) is 5.56 Å². The summed E-state index contributed by atoms with van der Waals surface area (Å²) in [6, 6.07) is 4.37. The lowest BCUT2D eigenvalue weighted by molar-refractivity contribution is 0.403. The number of phenols is 2. The van der Waals surface area contributed by atoms with E-state index in [4.69, 9.17) is 22.0 Å². The summed E-state index contributed by atoms with van der Waals surface area (Å²) in [6.45, 7) is 0.220. The number of hydrogen-bond acceptors (Lipinski definition) is 4. The van der Waals surface area contributed by atoms with Crippen molar-refractivity contribution in [1.29, 1.82) is 5.41 Å². The lowest BCUT2D eigenvalue weighted by Crippen LogP contribution is -2.42. The Morgan fingerprint density at radius 3 is 2.53 bits per heavy atom. The molecule has 7 N–H and O–H groups in total. The summed E-state index contributed by atoms with van der Waals surface area (Å²) >= 11 is 0. The molecule has 0 aliphatic rings. The van der Waals surface area contributed by atoms with E-state index in [1.807, 2.05) is 0 Å². The fourth-order valence-corrected chi connectivity index (χ4v) is 1.07. The van der Waals surface area contributed by atoms with Gasteiger partial charge in [0, 0.05) is 7.05 Å². The van der Waals surface area contributed by atoms with Crippen molar-refractivity contribution in [2.24, 2.45) is 16.5 Å². The van der Waals surface area contributed by atoms with Crippen molar-refractivity contribution in [3.8, 4) is 11.5 Å². The normalized spacial score (nSPS) is 11.2. The van der Waals surface area contributed by atoms with E-state index in [0.717, 1.165) is 0 Å². The molecule has 92 valence electrons. The number of hydrogen-bond donors (Lipinski definition) is 5. The number of aromatic hydroxyl groups is 2. The van der Waals surface area contributed by atoms with Gasteiger partial charge in [0.25, 0.3) is 0 Å². The SMILES string of the molecule is CN(C(=N)N)C(N)=NCc1ccc(O)c(O)c1. The predicted octanol–water partition coefficient (Wildman–Crippen LogP) is -0.262. The summed E-state index contributed by atoms with van der Waals surface area (Å²) in [7, 11) is 1.52. The number of guanidine groups is 2. The lowest BCUT2D eigenvalue weighted by atomic mass is 10.2. The molecule has 17 heavy (non-hydrogen) atoms. The third-order valence-corrected chi connectivity index (χ3v) is 2.17. The molecule has 1 aromatic rings. The van der Waals surface area contributed by atoms with Crippen LogP contribution in [0.25, 0.3) is 0 Å². The zero-order valence-corrected chi connectivity index (χ0v) is 9.38. The standard InChI is InChI=1S/C10H15N5O2/c1-15(9(11)12)10(13)14-5-6-2-3-7(16)8(17)4-6/h2-4,16-17H,5H2,1H3,(H3,11,12)(H2,13,14). The fraction of sp³-hybridized carbons (Fsp3) is 0.200. The number of aliphatic imine (C=N–C) groups is 1. The summed E-state index contributed by atoms with van der Waals surface area (Å²) in [5, 5.41) is 25.5. The Labute approximate surface area is 98.5 Å². The van der Waals surface area contributed by atoms with Gasteiger partial charge < -0.3 is 21.7 Å². The Morgan fingerprint density at radius 2 is 2.00 bits per heavy atom. The van der Waals surface area contributed by atoms with Crippen LogP contribution in [0.5, 0.6) is 11.5 Å². The van der Waals surface area contributed by atoms with Gasteiger partial charge in [-0.3, -0.25) is 10.3 Å². The third kappa shape index (κ3) is 3.26. The number of nitrogens with zero attached hydrogens (tertiary/aromatic N) is 2. The van der Waals surface area contributed by atoms with E-state index in [9.17, 15) is 5.11 Å². The van der Waals surface area contributed by atoms with Crippen LogP contribution in [-0.2, 0) is 6.54 Å². The lowest BCUT2D eigenvalue weighted by Gasteiger charge is -2.14. The van der Waals surface area contributed by atoms with Gasteiger partial charge in [0.1, 0.15) is 0 Å². The maximum Gasteiger partial charge on any atom is 0.198 e. The second-order valence-corrected chi connectivity index (χ2v) is 3.44. The molecule has 0 saturated heterocycles. The maximum absolute atomic E-state index is 9.27. The molecule has 0 spiro atoms. The molecule has 0 atom stereocenters. The van der Waals surface area contributed by atoms with Crippen molar-refractivity contribution in [1.82, 2.24) is 4.90 Å². The van der Waals surface area contributed by atoms with Gasteiger partial charge in [-0.05, 0) is 17.7 Å². The summed E-state index contributed by atoms with van der Waals surface area (Å²) in [6.07, 6.45) is 0. The second kappa shape index (κ2) is 5.06. The van der Waals surface area contributed by atoms with Crippen LogP contribution in [0, 0.1) is 5.41 Å². The first-order valence-electron chi connectivity index (χ1n) is 4.80. The molecular weight excluding hydrogens is 222 g/mol. The highest BCUT2D eigenvalue weighted by molar-refractivity contribution is 5.95. The Kier molecular flexibility index (Phi) is 3.76. The third-order valence-electron chi connectivity index (χ3n) is 2.17. The Bertz CT molecular complexity index is 458. The van der Waals surface area contributed by atoms with Crippen LogP contribution in [-0.4, -0.2) is 34.1 Å². The predicted molar refractivity (Wildman–Crippen MR) is 64.8 cm³/mol. The number of nitrogens with one attached hydrogen (secondary N) is 1. The highest BCUT2D eigenvalue weighted by atomic mass is 16.3. The molecule has 0 saturated carbocycles. The monoisotopic (exact) mass is 237 g/mol. The van der Waals surface area contributed by atoms with Crippen molar-refractivity contribution < 1.29 is 10.2 Å². The van der Waals surface area contributed by atoms with Crippen molar-refractivity contribution in [3.63, 3.8) is 0 Å². The topological polar surface area (TPSA) is 132 Å². The molecule has 0 fully saturated rings. The Morgan fingerprint density at radius 1 is 1.35 bits per heavy atom. The number of phenolic OH excluding ortho intramolecular Hbond substituents is 2. The first kappa shape index (κ1) is 12.6. The molecule has 1 rings (SSSR count). The molecule has 1 aromatic carbocycles. The first-order chi connectivity index (χ1) is 7.91. The van der Waals surface area contributed by atoms with Crippen molar-refractivity contribution in [2.45, 2.75) is 6.54 Å². The molecule has 0 aliphatic heterocycles.